The van der Waals surface area contributed by atoms with E-state index in [1.807, 2.05) is 36.9 Å². The predicted molar refractivity (Wildman–Crippen MR) is 67.5 cm³/mol. The molecule has 0 spiro atoms. The van der Waals surface area contributed by atoms with Crippen molar-refractivity contribution in [1.29, 1.82) is 0 Å². The van der Waals surface area contributed by atoms with E-state index in [0.717, 1.165) is 42.0 Å². The van der Waals surface area contributed by atoms with Crippen molar-refractivity contribution in [2.24, 2.45) is 5.73 Å². The van der Waals surface area contributed by atoms with Crippen LogP contribution in [0.1, 0.15) is 17.5 Å². The Morgan fingerprint density at radius 2 is 2.13 bits per heavy atom. The Bertz CT molecular complexity index is 302. The molecule has 0 fully saturated rings. The first-order valence-electron chi connectivity index (χ1n) is 5.31. The van der Waals surface area contributed by atoms with Gasteiger partial charge in [-0.25, -0.2) is 0 Å². The lowest BCUT2D eigenvalue weighted by Gasteiger charge is -2.06. The van der Waals surface area contributed by atoms with Crippen LogP contribution in [0.2, 0.25) is 0 Å². The molecule has 0 aliphatic heterocycles. The van der Waals surface area contributed by atoms with Crippen LogP contribution in [-0.2, 0) is 6.42 Å². The van der Waals surface area contributed by atoms with Crippen LogP contribution in [0.4, 0.5) is 0 Å². The average molecular weight is 225 g/mol. The second-order valence-electron chi connectivity index (χ2n) is 3.59. The second kappa shape index (κ2) is 6.75. The normalized spacial score (nSPS) is 10.5. The predicted octanol–water partition coefficient (Wildman–Crippen LogP) is 2.33. The highest BCUT2D eigenvalue weighted by Crippen LogP contribution is 2.22. The number of hydrogen-bond donors (Lipinski definition) is 2. The molecule has 1 rings (SSSR count). The molecule has 84 valence electrons. The van der Waals surface area contributed by atoms with Crippen LogP contribution in [0.15, 0.2) is 18.2 Å². The molecule has 3 heteroatoms. The zero-order valence-corrected chi connectivity index (χ0v) is 10.0. The van der Waals surface area contributed by atoms with Gasteiger partial charge < -0.3 is 10.8 Å². The summed E-state index contributed by atoms with van der Waals surface area (Å²) in [6.07, 6.45) is 2.05. The van der Waals surface area contributed by atoms with E-state index in [9.17, 15) is 5.11 Å². The lowest BCUT2D eigenvalue weighted by molar-refractivity contribution is 0.463. The number of hydrogen-bond acceptors (Lipinski definition) is 3. The first-order valence-corrected chi connectivity index (χ1v) is 6.46. The van der Waals surface area contributed by atoms with Crippen molar-refractivity contribution >= 4 is 11.8 Å². The number of rotatable bonds is 6. The molecule has 0 heterocycles. The standard InChI is InChI=1S/C12H19NOS/c1-10-4-2-5-11(12(10)14)6-3-8-15-9-7-13/h2,4-5,14H,3,6-9,13H2,1H3. The Labute approximate surface area is 95.9 Å². The van der Waals surface area contributed by atoms with Gasteiger partial charge in [0.1, 0.15) is 5.75 Å². The van der Waals surface area contributed by atoms with Crippen LogP contribution in [0.5, 0.6) is 5.75 Å². The van der Waals surface area contributed by atoms with Crippen LogP contribution >= 0.6 is 11.8 Å². The minimum Gasteiger partial charge on any atom is -0.507 e. The van der Waals surface area contributed by atoms with E-state index in [-0.39, 0.29) is 0 Å². The van der Waals surface area contributed by atoms with Gasteiger partial charge in [-0.3, -0.25) is 0 Å². The smallest absolute Gasteiger partial charge is 0.121 e. The molecular formula is C12H19NOS. The maximum Gasteiger partial charge on any atom is 0.121 e. The number of para-hydroxylation sites is 1. The number of benzene rings is 1. The van der Waals surface area contributed by atoms with Gasteiger partial charge in [0.15, 0.2) is 0 Å². The minimum atomic E-state index is 0.460. The van der Waals surface area contributed by atoms with E-state index in [1.54, 1.807) is 0 Å². The second-order valence-corrected chi connectivity index (χ2v) is 4.81. The monoisotopic (exact) mass is 225 g/mol. The number of phenols is 1. The Morgan fingerprint density at radius 3 is 2.87 bits per heavy atom. The van der Waals surface area contributed by atoms with Crippen LogP contribution in [0, 0.1) is 6.92 Å². The highest BCUT2D eigenvalue weighted by molar-refractivity contribution is 7.99. The van der Waals surface area contributed by atoms with Crippen molar-refractivity contribution in [2.75, 3.05) is 18.1 Å². The molecule has 0 aliphatic carbocycles. The van der Waals surface area contributed by atoms with Gasteiger partial charge in [-0.1, -0.05) is 18.2 Å². The third-order valence-corrected chi connectivity index (χ3v) is 3.42. The van der Waals surface area contributed by atoms with Crippen molar-refractivity contribution < 1.29 is 5.11 Å². The summed E-state index contributed by atoms with van der Waals surface area (Å²) in [6.45, 7) is 2.68. The molecular weight excluding hydrogens is 206 g/mol. The molecule has 0 saturated heterocycles. The number of aromatic hydroxyl groups is 1. The van der Waals surface area contributed by atoms with E-state index in [4.69, 9.17) is 5.73 Å². The highest BCUT2D eigenvalue weighted by Gasteiger charge is 2.02. The molecule has 0 bridgehead atoms. The quantitative estimate of drug-likeness (QED) is 0.730. The molecule has 15 heavy (non-hydrogen) atoms. The van der Waals surface area contributed by atoms with Crippen LogP contribution in [-0.4, -0.2) is 23.2 Å². The largest absolute Gasteiger partial charge is 0.507 e. The maximum absolute atomic E-state index is 9.77. The minimum absolute atomic E-state index is 0.460. The first kappa shape index (κ1) is 12.4. The van der Waals surface area contributed by atoms with Gasteiger partial charge in [0.05, 0.1) is 0 Å². The van der Waals surface area contributed by atoms with Gasteiger partial charge in [0, 0.05) is 12.3 Å². The van der Waals surface area contributed by atoms with E-state index in [2.05, 4.69) is 0 Å². The molecule has 0 aromatic heterocycles. The van der Waals surface area contributed by atoms with E-state index < -0.39 is 0 Å². The summed E-state index contributed by atoms with van der Waals surface area (Å²) in [5.74, 6) is 2.60. The van der Waals surface area contributed by atoms with Crippen LogP contribution < -0.4 is 5.73 Å². The summed E-state index contributed by atoms with van der Waals surface area (Å²) in [5.41, 5.74) is 7.42. The summed E-state index contributed by atoms with van der Waals surface area (Å²) < 4.78 is 0. The highest BCUT2D eigenvalue weighted by atomic mass is 32.2. The van der Waals surface area contributed by atoms with Crippen molar-refractivity contribution in [3.63, 3.8) is 0 Å². The van der Waals surface area contributed by atoms with Crippen LogP contribution in [0.3, 0.4) is 0 Å². The molecule has 0 radical (unpaired) electrons. The maximum atomic E-state index is 9.77. The molecule has 0 atom stereocenters. The third-order valence-electron chi connectivity index (χ3n) is 2.32. The molecule has 1 aromatic rings. The molecule has 3 N–H and O–H groups in total. The molecule has 2 nitrogen and oxygen atoms in total. The number of thioether (sulfide) groups is 1. The number of phenolic OH excluding ortho intramolecular Hbond substituents is 1. The lowest BCUT2D eigenvalue weighted by atomic mass is 10.1. The first-order chi connectivity index (χ1) is 7.25. The van der Waals surface area contributed by atoms with Gasteiger partial charge >= 0.3 is 0 Å². The average Bonchev–Trinajstić information content (AvgIpc) is 2.24. The van der Waals surface area contributed by atoms with Crippen molar-refractivity contribution in [3.05, 3.63) is 29.3 Å². The van der Waals surface area contributed by atoms with E-state index in [1.165, 1.54) is 0 Å². The Kier molecular flexibility index (Phi) is 5.58. The SMILES string of the molecule is Cc1cccc(CCCSCCN)c1O. The molecule has 0 saturated carbocycles. The number of aryl methyl sites for hydroxylation is 2. The van der Waals surface area contributed by atoms with Gasteiger partial charge in [0.25, 0.3) is 0 Å². The fourth-order valence-electron chi connectivity index (χ4n) is 1.47. The fourth-order valence-corrected chi connectivity index (χ4v) is 2.19. The lowest BCUT2D eigenvalue weighted by Crippen LogP contribution is -2.02. The fraction of sp³-hybridized carbons (Fsp3) is 0.500. The van der Waals surface area contributed by atoms with Crippen molar-refractivity contribution in [2.45, 2.75) is 19.8 Å². The number of nitrogens with two attached hydrogens (primary N) is 1. The summed E-state index contributed by atoms with van der Waals surface area (Å²) in [7, 11) is 0. The molecule has 0 aliphatic rings. The van der Waals surface area contributed by atoms with Gasteiger partial charge in [-0.15, -0.1) is 0 Å². The molecule has 1 aromatic carbocycles. The van der Waals surface area contributed by atoms with Gasteiger partial charge in [-0.05, 0) is 36.6 Å². The van der Waals surface area contributed by atoms with Crippen molar-refractivity contribution in [1.82, 2.24) is 0 Å². The zero-order valence-electron chi connectivity index (χ0n) is 9.20. The summed E-state index contributed by atoms with van der Waals surface area (Å²) >= 11 is 1.88. The zero-order chi connectivity index (χ0) is 11.1. The third kappa shape index (κ3) is 4.14. The Hall–Kier alpha value is -0.670. The molecule has 0 amide bonds. The van der Waals surface area contributed by atoms with E-state index in [0.29, 0.717) is 5.75 Å². The topological polar surface area (TPSA) is 46.2 Å². The summed E-state index contributed by atoms with van der Waals surface area (Å²) in [5, 5.41) is 9.77. The van der Waals surface area contributed by atoms with E-state index >= 15 is 0 Å². The Balaban J connectivity index is 2.34. The van der Waals surface area contributed by atoms with Crippen LogP contribution in [0.25, 0.3) is 0 Å². The Morgan fingerprint density at radius 1 is 1.33 bits per heavy atom. The van der Waals surface area contributed by atoms with Gasteiger partial charge in [0.2, 0.25) is 0 Å². The van der Waals surface area contributed by atoms with Gasteiger partial charge in [-0.2, -0.15) is 11.8 Å². The summed E-state index contributed by atoms with van der Waals surface area (Å²) in [6, 6.07) is 5.93. The summed E-state index contributed by atoms with van der Waals surface area (Å²) in [4.78, 5) is 0. The van der Waals surface area contributed by atoms with Crippen molar-refractivity contribution in [3.8, 4) is 5.75 Å². The molecule has 0 unspecified atom stereocenters.